The van der Waals surface area contributed by atoms with Crippen LogP contribution in [0.1, 0.15) is 18.2 Å². The molecule has 6 heteroatoms. The van der Waals surface area contributed by atoms with Gasteiger partial charge < -0.3 is 5.32 Å². The van der Waals surface area contributed by atoms with Crippen LogP contribution in [0.25, 0.3) is 0 Å². The molecule has 0 aliphatic rings. The van der Waals surface area contributed by atoms with Crippen molar-refractivity contribution in [2.24, 2.45) is 7.05 Å². The molecule has 1 aromatic rings. The smallest absolute Gasteiger partial charge is 0.131 e. The summed E-state index contributed by atoms with van der Waals surface area (Å²) in [4.78, 5) is 0. The van der Waals surface area contributed by atoms with E-state index in [2.05, 4.69) is 10.4 Å². The number of hydrogen-bond donors (Lipinski definition) is 1. The third-order valence-corrected chi connectivity index (χ3v) is 4.18. The van der Waals surface area contributed by atoms with Crippen molar-refractivity contribution < 1.29 is 4.21 Å². The molecular formula is C10H18ClN3OS. The molecule has 0 radical (unpaired) electrons. The predicted octanol–water partition coefficient (Wildman–Crippen LogP) is 1.24. The van der Waals surface area contributed by atoms with Gasteiger partial charge in [0.2, 0.25) is 0 Å². The molecule has 1 heterocycles. The number of aryl methyl sites for hydroxylation is 2. The molecule has 0 fully saturated rings. The number of nitrogens with one attached hydrogen (secondary N) is 1. The highest BCUT2D eigenvalue weighted by atomic mass is 35.5. The summed E-state index contributed by atoms with van der Waals surface area (Å²) in [5.41, 5.74) is 1.96. The zero-order valence-electron chi connectivity index (χ0n) is 9.92. The lowest BCUT2D eigenvalue weighted by atomic mass is 10.2. The Morgan fingerprint density at radius 1 is 1.56 bits per heavy atom. The van der Waals surface area contributed by atoms with Crippen molar-refractivity contribution in [3.05, 3.63) is 16.4 Å². The van der Waals surface area contributed by atoms with Gasteiger partial charge in [-0.2, -0.15) is 5.10 Å². The largest absolute Gasteiger partial charge is 0.312 e. The summed E-state index contributed by atoms with van der Waals surface area (Å²) >= 11 is 6.08. The summed E-state index contributed by atoms with van der Waals surface area (Å²) in [6.07, 6.45) is 0. The average Bonchev–Trinajstić information content (AvgIpc) is 2.49. The molecule has 16 heavy (non-hydrogen) atoms. The van der Waals surface area contributed by atoms with Gasteiger partial charge >= 0.3 is 0 Å². The van der Waals surface area contributed by atoms with Gasteiger partial charge in [-0.15, -0.1) is 0 Å². The number of halogens is 1. The SMILES string of the molecule is CCS(=O)CCNCc1c(C)nn(C)c1Cl. The predicted molar refractivity (Wildman–Crippen MR) is 68.2 cm³/mol. The van der Waals surface area contributed by atoms with Crippen LogP contribution in [0, 0.1) is 6.92 Å². The topological polar surface area (TPSA) is 46.9 Å². The summed E-state index contributed by atoms with van der Waals surface area (Å²) in [7, 11) is 1.12. The third kappa shape index (κ3) is 3.57. The second kappa shape index (κ2) is 6.37. The van der Waals surface area contributed by atoms with Crippen LogP contribution in [0.3, 0.4) is 0 Å². The van der Waals surface area contributed by atoms with Crippen molar-refractivity contribution >= 4 is 22.4 Å². The molecule has 1 rings (SSSR count). The first kappa shape index (κ1) is 13.7. The standard InChI is InChI=1S/C10H18ClN3OS/c1-4-16(15)6-5-12-7-9-8(2)13-14(3)10(9)11/h12H,4-7H2,1-3H3. The van der Waals surface area contributed by atoms with Crippen LogP contribution in [-0.2, 0) is 24.4 Å². The van der Waals surface area contributed by atoms with Crippen LogP contribution in [0.2, 0.25) is 5.15 Å². The zero-order valence-corrected chi connectivity index (χ0v) is 11.5. The van der Waals surface area contributed by atoms with Crippen molar-refractivity contribution in [2.75, 3.05) is 18.1 Å². The van der Waals surface area contributed by atoms with E-state index in [0.717, 1.165) is 17.8 Å². The van der Waals surface area contributed by atoms with Gasteiger partial charge in [-0.05, 0) is 6.92 Å². The number of nitrogens with zero attached hydrogens (tertiary/aromatic N) is 2. The van der Waals surface area contributed by atoms with E-state index >= 15 is 0 Å². The lowest BCUT2D eigenvalue weighted by molar-refractivity contribution is 0.673. The Hall–Kier alpha value is -0.390. The molecule has 4 nitrogen and oxygen atoms in total. The van der Waals surface area contributed by atoms with Gasteiger partial charge in [-0.25, -0.2) is 0 Å². The van der Waals surface area contributed by atoms with Crippen LogP contribution in [0.15, 0.2) is 0 Å². The quantitative estimate of drug-likeness (QED) is 0.786. The maximum absolute atomic E-state index is 11.2. The van der Waals surface area contributed by atoms with E-state index in [0.29, 0.717) is 23.2 Å². The fourth-order valence-electron chi connectivity index (χ4n) is 1.42. The van der Waals surface area contributed by atoms with Crippen molar-refractivity contribution in [3.63, 3.8) is 0 Å². The minimum Gasteiger partial charge on any atom is -0.312 e. The Labute approximate surface area is 104 Å². The van der Waals surface area contributed by atoms with Gasteiger partial charge in [0.25, 0.3) is 0 Å². The molecule has 92 valence electrons. The minimum atomic E-state index is -0.707. The molecule has 0 saturated heterocycles. The van der Waals surface area contributed by atoms with Gasteiger partial charge in [-0.3, -0.25) is 8.89 Å². The summed E-state index contributed by atoms with van der Waals surface area (Å²) in [6.45, 7) is 5.29. The fourth-order valence-corrected chi connectivity index (χ4v) is 2.32. The van der Waals surface area contributed by atoms with Crippen LogP contribution in [0.4, 0.5) is 0 Å². The van der Waals surface area contributed by atoms with Crippen molar-refractivity contribution in [1.29, 1.82) is 0 Å². The lowest BCUT2D eigenvalue weighted by Gasteiger charge is -2.04. The molecular weight excluding hydrogens is 246 g/mol. The van der Waals surface area contributed by atoms with Crippen LogP contribution in [-0.4, -0.2) is 32.0 Å². The maximum Gasteiger partial charge on any atom is 0.131 e. The summed E-state index contributed by atoms with van der Waals surface area (Å²) < 4.78 is 12.9. The van der Waals surface area contributed by atoms with E-state index in [9.17, 15) is 4.21 Å². The molecule has 1 unspecified atom stereocenters. The highest BCUT2D eigenvalue weighted by molar-refractivity contribution is 7.84. The molecule has 1 N–H and O–H groups in total. The molecule has 1 atom stereocenters. The zero-order chi connectivity index (χ0) is 12.1. The molecule has 0 saturated carbocycles. The molecule has 0 amide bonds. The second-order valence-electron chi connectivity index (χ2n) is 3.59. The van der Waals surface area contributed by atoms with Gasteiger partial charge in [-0.1, -0.05) is 18.5 Å². The monoisotopic (exact) mass is 263 g/mol. The van der Waals surface area contributed by atoms with E-state index in [1.54, 1.807) is 4.68 Å². The Bertz CT molecular complexity index is 378. The molecule has 0 bridgehead atoms. The Morgan fingerprint density at radius 3 is 2.75 bits per heavy atom. The Morgan fingerprint density at radius 2 is 2.25 bits per heavy atom. The molecule has 0 aliphatic carbocycles. The van der Waals surface area contributed by atoms with E-state index in [1.807, 2.05) is 20.9 Å². The van der Waals surface area contributed by atoms with Crippen LogP contribution >= 0.6 is 11.6 Å². The third-order valence-electron chi connectivity index (χ3n) is 2.40. The second-order valence-corrected chi connectivity index (χ2v) is 5.81. The first-order valence-electron chi connectivity index (χ1n) is 5.30. The van der Waals surface area contributed by atoms with Gasteiger partial charge in [0.15, 0.2) is 0 Å². The van der Waals surface area contributed by atoms with E-state index in [-0.39, 0.29) is 0 Å². The highest BCUT2D eigenvalue weighted by Gasteiger charge is 2.10. The molecule has 1 aromatic heterocycles. The minimum absolute atomic E-state index is 0.668. The van der Waals surface area contributed by atoms with Crippen molar-refractivity contribution in [2.45, 2.75) is 20.4 Å². The number of aromatic nitrogens is 2. The average molecular weight is 264 g/mol. The maximum atomic E-state index is 11.2. The highest BCUT2D eigenvalue weighted by Crippen LogP contribution is 2.17. The lowest BCUT2D eigenvalue weighted by Crippen LogP contribution is -2.21. The van der Waals surface area contributed by atoms with Crippen molar-refractivity contribution in [3.8, 4) is 0 Å². The summed E-state index contributed by atoms with van der Waals surface area (Å²) in [5.74, 6) is 1.40. The molecule has 0 aliphatic heterocycles. The normalized spacial score (nSPS) is 13.0. The number of hydrogen-bond acceptors (Lipinski definition) is 3. The van der Waals surface area contributed by atoms with Gasteiger partial charge in [0, 0.05) is 48.0 Å². The van der Waals surface area contributed by atoms with Gasteiger partial charge in [0.05, 0.1) is 5.69 Å². The summed E-state index contributed by atoms with van der Waals surface area (Å²) in [5, 5.41) is 8.12. The van der Waals surface area contributed by atoms with Crippen LogP contribution < -0.4 is 5.32 Å². The first-order chi connectivity index (χ1) is 7.56. The van der Waals surface area contributed by atoms with Gasteiger partial charge in [0.1, 0.15) is 5.15 Å². The molecule has 0 aromatic carbocycles. The van der Waals surface area contributed by atoms with E-state index in [4.69, 9.17) is 11.6 Å². The number of rotatable bonds is 6. The van der Waals surface area contributed by atoms with Crippen LogP contribution in [0.5, 0.6) is 0 Å². The summed E-state index contributed by atoms with van der Waals surface area (Å²) in [6, 6.07) is 0. The Kier molecular flexibility index (Phi) is 5.44. The first-order valence-corrected chi connectivity index (χ1v) is 7.16. The fraction of sp³-hybridized carbons (Fsp3) is 0.700. The van der Waals surface area contributed by atoms with Crippen molar-refractivity contribution in [1.82, 2.24) is 15.1 Å². The van der Waals surface area contributed by atoms with E-state index < -0.39 is 10.8 Å². The van der Waals surface area contributed by atoms with E-state index in [1.165, 1.54) is 0 Å². The Balaban J connectivity index is 2.40. The molecule has 0 spiro atoms.